The average Bonchev–Trinajstić information content (AvgIpc) is 2.60. The first-order valence-corrected chi connectivity index (χ1v) is 8.64. The van der Waals surface area contributed by atoms with E-state index in [9.17, 15) is 4.79 Å². The minimum Gasteiger partial charge on any atom is -0.344 e. The zero-order valence-corrected chi connectivity index (χ0v) is 15.2. The van der Waals surface area contributed by atoms with Gasteiger partial charge in [0.2, 0.25) is 5.91 Å². The summed E-state index contributed by atoms with van der Waals surface area (Å²) in [6, 6.07) is 17.3. The van der Waals surface area contributed by atoms with Crippen LogP contribution in [0.4, 0.5) is 0 Å². The second kappa shape index (κ2) is 8.32. The third kappa shape index (κ3) is 5.36. The highest BCUT2D eigenvalue weighted by atomic mass is 35.5. The summed E-state index contributed by atoms with van der Waals surface area (Å²) in [7, 11) is 0. The first-order valence-electron chi connectivity index (χ1n) is 8.26. The number of rotatable bonds is 7. The van der Waals surface area contributed by atoms with E-state index in [0.717, 1.165) is 17.5 Å². The summed E-state index contributed by atoms with van der Waals surface area (Å²) in [6.45, 7) is 6.57. The summed E-state index contributed by atoms with van der Waals surface area (Å²) < 4.78 is 0. The van der Waals surface area contributed by atoms with Crippen molar-refractivity contribution in [1.82, 2.24) is 10.6 Å². The van der Waals surface area contributed by atoms with Gasteiger partial charge in [-0.15, -0.1) is 0 Å². The molecule has 0 fully saturated rings. The zero-order chi connectivity index (χ0) is 17.6. The molecule has 0 saturated carbocycles. The van der Waals surface area contributed by atoms with Crippen molar-refractivity contribution in [3.63, 3.8) is 0 Å². The van der Waals surface area contributed by atoms with Gasteiger partial charge in [-0.2, -0.15) is 0 Å². The Hall–Kier alpha value is -1.84. The molecule has 3 nitrogen and oxygen atoms in total. The first kappa shape index (κ1) is 18.5. The van der Waals surface area contributed by atoms with Gasteiger partial charge in [-0.3, -0.25) is 4.79 Å². The summed E-state index contributed by atoms with van der Waals surface area (Å²) in [5, 5.41) is 7.10. The Morgan fingerprint density at radius 2 is 1.62 bits per heavy atom. The van der Waals surface area contributed by atoms with Crippen molar-refractivity contribution in [3.05, 3.63) is 70.7 Å². The second-order valence-corrected chi connectivity index (χ2v) is 6.99. The van der Waals surface area contributed by atoms with E-state index < -0.39 is 0 Å². The Bertz CT molecular complexity index is 653. The van der Waals surface area contributed by atoms with E-state index in [1.165, 1.54) is 0 Å². The maximum atomic E-state index is 12.4. The van der Waals surface area contributed by atoms with Crippen molar-refractivity contribution in [2.75, 3.05) is 6.54 Å². The lowest BCUT2D eigenvalue weighted by atomic mass is 9.98. The molecule has 128 valence electrons. The standard InChI is InChI=1S/C20H25ClN2O/c1-4-20(2,3)22-14-18(24)23-19(15-8-6-5-7-9-15)16-10-12-17(21)13-11-16/h5-13,19,22H,4,14H2,1-3H3,(H,23,24)/t19-/m1/s1. The number of halogens is 1. The van der Waals surface area contributed by atoms with Crippen LogP contribution in [0.3, 0.4) is 0 Å². The number of nitrogens with one attached hydrogen (secondary N) is 2. The van der Waals surface area contributed by atoms with Gasteiger partial charge in [0.25, 0.3) is 0 Å². The molecule has 2 N–H and O–H groups in total. The topological polar surface area (TPSA) is 41.1 Å². The van der Waals surface area contributed by atoms with Gasteiger partial charge in [0.05, 0.1) is 12.6 Å². The Balaban J connectivity index is 2.15. The van der Waals surface area contributed by atoms with E-state index in [1.807, 2.05) is 54.6 Å². The van der Waals surface area contributed by atoms with E-state index in [4.69, 9.17) is 11.6 Å². The minimum atomic E-state index is -0.192. The number of benzene rings is 2. The van der Waals surface area contributed by atoms with Gasteiger partial charge in [0.15, 0.2) is 0 Å². The minimum absolute atomic E-state index is 0.0275. The fourth-order valence-corrected chi connectivity index (χ4v) is 2.44. The fourth-order valence-electron chi connectivity index (χ4n) is 2.32. The van der Waals surface area contributed by atoms with Gasteiger partial charge in [-0.1, -0.05) is 61.0 Å². The van der Waals surface area contributed by atoms with Crippen LogP contribution in [-0.2, 0) is 4.79 Å². The molecule has 0 aliphatic carbocycles. The largest absolute Gasteiger partial charge is 0.344 e. The van der Waals surface area contributed by atoms with Crippen LogP contribution in [0.25, 0.3) is 0 Å². The predicted molar refractivity (Wildman–Crippen MR) is 100 cm³/mol. The molecule has 0 saturated heterocycles. The maximum absolute atomic E-state index is 12.4. The molecule has 1 amide bonds. The Morgan fingerprint density at radius 1 is 1.04 bits per heavy atom. The van der Waals surface area contributed by atoms with Crippen LogP contribution < -0.4 is 10.6 Å². The summed E-state index contributed by atoms with van der Waals surface area (Å²) in [6.07, 6.45) is 0.958. The van der Waals surface area contributed by atoms with E-state index >= 15 is 0 Å². The van der Waals surface area contributed by atoms with Crippen molar-refractivity contribution in [1.29, 1.82) is 0 Å². The quantitative estimate of drug-likeness (QED) is 0.785. The number of carbonyl (C=O) groups is 1. The van der Waals surface area contributed by atoms with Crippen LogP contribution in [0.5, 0.6) is 0 Å². The van der Waals surface area contributed by atoms with Crippen molar-refractivity contribution >= 4 is 17.5 Å². The molecule has 0 aliphatic heterocycles. The molecule has 24 heavy (non-hydrogen) atoms. The monoisotopic (exact) mass is 344 g/mol. The highest BCUT2D eigenvalue weighted by molar-refractivity contribution is 6.30. The van der Waals surface area contributed by atoms with Gasteiger partial charge < -0.3 is 10.6 Å². The molecule has 0 aliphatic rings. The SMILES string of the molecule is CCC(C)(C)NCC(=O)N[C@H](c1ccccc1)c1ccc(Cl)cc1. The van der Waals surface area contributed by atoms with Crippen molar-refractivity contribution < 1.29 is 4.79 Å². The molecular weight excluding hydrogens is 320 g/mol. The Labute approximate surface area is 149 Å². The zero-order valence-electron chi connectivity index (χ0n) is 14.5. The number of hydrogen-bond donors (Lipinski definition) is 2. The van der Waals surface area contributed by atoms with Crippen LogP contribution in [0.2, 0.25) is 5.02 Å². The molecular formula is C20H25ClN2O. The third-order valence-corrected chi connectivity index (χ3v) is 4.50. The second-order valence-electron chi connectivity index (χ2n) is 6.55. The molecule has 0 heterocycles. The molecule has 0 radical (unpaired) electrons. The third-order valence-electron chi connectivity index (χ3n) is 4.25. The summed E-state index contributed by atoms with van der Waals surface area (Å²) in [5.74, 6) is -0.0275. The molecule has 1 atom stereocenters. The smallest absolute Gasteiger partial charge is 0.234 e. The molecule has 0 unspecified atom stereocenters. The normalized spacial score (nSPS) is 12.7. The van der Waals surface area contributed by atoms with Crippen LogP contribution in [0.15, 0.2) is 54.6 Å². The number of amides is 1. The van der Waals surface area contributed by atoms with E-state index in [-0.39, 0.29) is 24.0 Å². The lowest BCUT2D eigenvalue weighted by Gasteiger charge is -2.25. The maximum Gasteiger partial charge on any atom is 0.234 e. The van der Waals surface area contributed by atoms with E-state index in [2.05, 4.69) is 31.4 Å². The molecule has 0 spiro atoms. The van der Waals surface area contributed by atoms with Crippen LogP contribution in [0.1, 0.15) is 44.4 Å². The van der Waals surface area contributed by atoms with Crippen molar-refractivity contribution in [3.8, 4) is 0 Å². The summed E-state index contributed by atoms with van der Waals surface area (Å²) in [5.41, 5.74) is 2.00. The molecule has 4 heteroatoms. The van der Waals surface area contributed by atoms with Crippen molar-refractivity contribution in [2.45, 2.75) is 38.8 Å². The predicted octanol–water partition coefficient (Wildman–Crippen LogP) is 4.32. The molecule has 2 aromatic rings. The highest BCUT2D eigenvalue weighted by Gasteiger charge is 2.19. The molecule has 0 bridgehead atoms. The lowest BCUT2D eigenvalue weighted by Crippen LogP contribution is -2.45. The number of carbonyl (C=O) groups excluding carboxylic acids is 1. The van der Waals surface area contributed by atoms with Gasteiger partial charge in [-0.05, 0) is 43.5 Å². The van der Waals surface area contributed by atoms with Crippen molar-refractivity contribution in [2.24, 2.45) is 0 Å². The van der Waals surface area contributed by atoms with E-state index in [0.29, 0.717) is 5.02 Å². The van der Waals surface area contributed by atoms with Gasteiger partial charge in [0, 0.05) is 10.6 Å². The van der Waals surface area contributed by atoms with Gasteiger partial charge >= 0.3 is 0 Å². The van der Waals surface area contributed by atoms with Crippen LogP contribution >= 0.6 is 11.6 Å². The number of hydrogen-bond acceptors (Lipinski definition) is 2. The summed E-state index contributed by atoms with van der Waals surface area (Å²) >= 11 is 5.99. The summed E-state index contributed by atoms with van der Waals surface area (Å²) in [4.78, 5) is 12.4. The molecule has 2 aromatic carbocycles. The first-order chi connectivity index (χ1) is 11.4. The van der Waals surface area contributed by atoms with E-state index in [1.54, 1.807) is 0 Å². The molecule has 0 aromatic heterocycles. The molecule has 2 rings (SSSR count). The fraction of sp³-hybridized carbons (Fsp3) is 0.350. The lowest BCUT2D eigenvalue weighted by molar-refractivity contribution is -0.121. The Morgan fingerprint density at radius 3 is 2.21 bits per heavy atom. The van der Waals surface area contributed by atoms with Crippen LogP contribution in [-0.4, -0.2) is 18.0 Å². The Kier molecular flexibility index (Phi) is 6.41. The van der Waals surface area contributed by atoms with Gasteiger partial charge in [0.1, 0.15) is 0 Å². The highest BCUT2D eigenvalue weighted by Crippen LogP contribution is 2.23. The van der Waals surface area contributed by atoms with Crippen LogP contribution in [0, 0.1) is 0 Å². The van der Waals surface area contributed by atoms with Gasteiger partial charge in [-0.25, -0.2) is 0 Å². The average molecular weight is 345 g/mol.